The Morgan fingerprint density at radius 3 is 3.00 bits per heavy atom. The van der Waals surface area contributed by atoms with Gasteiger partial charge in [-0.1, -0.05) is 6.07 Å². The lowest BCUT2D eigenvalue weighted by Gasteiger charge is -2.02. The number of carbonyl (C=O) groups is 1. The van der Waals surface area contributed by atoms with Gasteiger partial charge in [0, 0.05) is 13.5 Å². The van der Waals surface area contributed by atoms with E-state index in [0.29, 0.717) is 24.1 Å². The van der Waals surface area contributed by atoms with Gasteiger partial charge in [0.05, 0.1) is 11.6 Å². The largest absolute Gasteiger partial charge is 0.420 e. The van der Waals surface area contributed by atoms with Crippen LogP contribution in [0.1, 0.15) is 12.5 Å². The maximum absolute atomic E-state index is 11.5. The minimum absolute atomic E-state index is 0.0307. The minimum Gasteiger partial charge on any atom is -0.408 e. The molecule has 1 heterocycles. The zero-order valence-corrected chi connectivity index (χ0v) is 10.5. The number of nitrogens with zero attached hydrogens (tertiary/aromatic N) is 2. The molecule has 1 aromatic carbocycles. The number of nitrogens with one attached hydrogen (secondary N) is 1. The summed E-state index contributed by atoms with van der Waals surface area (Å²) >= 11 is 0. The smallest absolute Gasteiger partial charge is 0.408 e. The molecule has 98 valence electrons. The monoisotopic (exact) mass is 259 g/mol. The number of amides is 1. The molecule has 0 aliphatic heterocycles. The zero-order valence-electron chi connectivity index (χ0n) is 10.5. The summed E-state index contributed by atoms with van der Waals surface area (Å²) in [5, 5.41) is 11.4. The third-order valence-corrected chi connectivity index (χ3v) is 2.75. The number of hydrogen-bond acceptors (Lipinski definition) is 4. The molecule has 19 heavy (non-hydrogen) atoms. The summed E-state index contributed by atoms with van der Waals surface area (Å²) in [4.78, 5) is 22.3. The van der Waals surface area contributed by atoms with Gasteiger partial charge in [-0.25, -0.2) is 4.79 Å². The van der Waals surface area contributed by atoms with E-state index in [-0.39, 0.29) is 12.5 Å². The van der Waals surface area contributed by atoms with Crippen molar-refractivity contribution in [3.63, 3.8) is 0 Å². The Labute approximate surface area is 109 Å². The molecule has 0 fully saturated rings. The summed E-state index contributed by atoms with van der Waals surface area (Å²) < 4.78 is 6.37. The normalized spacial score (nSPS) is 10.3. The van der Waals surface area contributed by atoms with Gasteiger partial charge in [0.1, 0.15) is 6.54 Å². The van der Waals surface area contributed by atoms with Crippen LogP contribution in [0.25, 0.3) is 11.1 Å². The molecule has 0 aliphatic carbocycles. The first kappa shape index (κ1) is 12.9. The molecule has 6 heteroatoms. The lowest BCUT2D eigenvalue weighted by atomic mass is 10.1. The highest BCUT2D eigenvalue weighted by Gasteiger charge is 2.09. The summed E-state index contributed by atoms with van der Waals surface area (Å²) in [6, 6.07) is 7.28. The number of benzene rings is 1. The standard InChI is InChI=1S/C13H13N3O3/c1-9(17)15-6-4-10-2-3-11-12(8-10)19-13(18)16(11)7-5-14/h2-3,8H,4,6-7H2,1H3,(H,15,17). The second kappa shape index (κ2) is 5.40. The van der Waals surface area contributed by atoms with Crippen LogP contribution in [0.5, 0.6) is 0 Å². The Kier molecular flexibility index (Phi) is 3.66. The Morgan fingerprint density at radius 2 is 2.32 bits per heavy atom. The lowest BCUT2D eigenvalue weighted by molar-refractivity contribution is -0.118. The number of fused-ring (bicyclic) bond motifs is 1. The molecule has 0 unspecified atom stereocenters. The van der Waals surface area contributed by atoms with Crippen molar-refractivity contribution >= 4 is 17.0 Å². The van der Waals surface area contributed by atoms with E-state index in [1.807, 2.05) is 12.1 Å². The quantitative estimate of drug-likeness (QED) is 0.879. The second-order valence-corrected chi connectivity index (χ2v) is 4.15. The van der Waals surface area contributed by atoms with Crippen molar-refractivity contribution in [3.8, 4) is 6.07 Å². The van der Waals surface area contributed by atoms with Crippen LogP contribution in [0.2, 0.25) is 0 Å². The maximum Gasteiger partial charge on any atom is 0.420 e. The molecule has 0 radical (unpaired) electrons. The molecule has 0 atom stereocenters. The molecule has 0 bridgehead atoms. The SMILES string of the molecule is CC(=O)NCCc1ccc2c(c1)oc(=O)n2CC#N. The number of rotatable bonds is 4. The van der Waals surface area contributed by atoms with Crippen LogP contribution in [0.15, 0.2) is 27.4 Å². The van der Waals surface area contributed by atoms with Crippen LogP contribution in [-0.4, -0.2) is 17.0 Å². The molecule has 0 saturated heterocycles. The van der Waals surface area contributed by atoms with Crippen molar-refractivity contribution in [2.75, 3.05) is 6.54 Å². The molecule has 1 amide bonds. The first-order valence-corrected chi connectivity index (χ1v) is 5.85. The molecular weight excluding hydrogens is 246 g/mol. The molecule has 6 nitrogen and oxygen atoms in total. The van der Waals surface area contributed by atoms with Crippen molar-refractivity contribution in [1.29, 1.82) is 5.26 Å². The minimum atomic E-state index is -0.532. The van der Waals surface area contributed by atoms with Gasteiger partial charge in [0.15, 0.2) is 5.58 Å². The number of nitriles is 1. The first-order chi connectivity index (χ1) is 9.11. The fraction of sp³-hybridized carbons (Fsp3) is 0.308. The van der Waals surface area contributed by atoms with Crippen LogP contribution in [0, 0.1) is 11.3 Å². The van der Waals surface area contributed by atoms with E-state index in [0.717, 1.165) is 5.56 Å². The third kappa shape index (κ3) is 2.83. The van der Waals surface area contributed by atoms with Gasteiger partial charge in [-0.3, -0.25) is 9.36 Å². The summed E-state index contributed by atoms with van der Waals surface area (Å²) in [5.74, 6) is -0.608. The van der Waals surface area contributed by atoms with E-state index >= 15 is 0 Å². The van der Waals surface area contributed by atoms with E-state index in [1.54, 1.807) is 12.1 Å². The predicted molar refractivity (Wildman–Crippen MR) is 68.5 cm³/mol. The van der Waals surface area contributed by atoms with Crippen molar-refractivity contribution in [1.82, 2.24) is 9.88 Å². The van der Waals surface area contributed by atoms with E-state index in [1.165, 1.54) is 11.5 Å². The highest BCUT2D eigenvalue weighted by Crippen LogP contribution is 2.15. The topological polar surface area (TPSA) is 88.0 Å². The molecular formula is C13H13N3O3. The lowest BCUT2D eigenvalue weighted by Crippen LogP contribution is -2.22. The molecule has 1 aromatic heterocycles. The van der Waals surface area contributed by atoms with Gasteiger partial charge < -0.3 is 9.73 Å². The molecule has 2 rings (SSSR count). The molecule has 0 spiro atoms. The third-order valence-electron chi connectivity index (χ3n) is 2.75. The molecule has 0 aliphatic rings. The molecule has 0 saturated carbocycles. The van der Waals surface area contributed by atoms with Crippen LogP contribution in [0.4, 0.5) is 0 Å². The fourth-order valence-electron chi connectivity index (χ4n) is 1.87. The summed E-state index contributed by atoms with van der Waals surface area (Å²) in [5.41, 5.74) is 2.02. The van der Waals surface area contributed by atoms with Crippen LogP contribution in [0.3, 0.4) is 0 Å². The van der Waals surface area contributed by atoms with Crippen LogP contribution >= 0.6 is 0 Å². The Bertz CT molecular complexity index is 706. The van der Waals surface area contributed by atoms with Crippen molar-refractivity contribution < 1.29 is 9.21 Å². The van der Waals surface area contributed by atoms with Gasteiger partial charge in [-0.2, -0.15) is 5.26 Å². The summed E-state index contributed by atoms with van der Waals surface area (Å²) in [6.45, 7) is 1.96. The van der Waals surface area contributed by atoms with Gasteiger partial charge in [0.25, 0.3) is 0 Å². The fourth-order valence-corrected chi connectivity index (χ4v) is 1.87. The molecule has 2 aromatic rings. The number of carbonyl (C=O) groups excluding carboxylic acids is 1. The number of hydrogen-bond donors (Lipinski definition) is 1. The van der Waals surface area contributed by atoms with E-state index < -0.39 is 5.76 Å². The Balaban J connectivity index is 2.25. The number of oxazole rings is 1. The van der Waals surface area contributed by atoms with Gasteiger partial charge in [-0.15, -0.1) is 0 Å². The van der Waals surface area contributed by atoms with Crippen molar-refractivity contribution in [2.24, 2.45) is 0 Å². The first-order valence-electron chi connectivity index (χ1n) is 5.85. The second-order valence-electron chi connectivity index (χ2n) is 4.15. The van der Waals surface area contributed by atoms with Gasteiger partial charge >= 0.3 is 5.76 Å². The zero-order chi connectivity index (χ0) is 13.8. The maximum atomic E-state index is 11.5. The Morgan fingerprint density at radius 1 is 1.53 bits per heavy atom. The highest BCUT2D eigenvalue weighted by molar-refractivity contribution is 5.74. The van der Waals surface area contributed by atoms with Crippen molar-refractivity contribution in [2.45, 2.75) is 19.9 Å². The van der Waals surface area contributed by atoms with Crippen molar-refractivity contribution in [3.05, 3.63) is 34.3 Å². The van der Waals surface area contributed by atoms with Crippen LogP contribution < -0.4 is 11.1 Å². The predicted octanol–water partition coefficient (Wildman–Crippen LogP) is 0.797. The van der Waals surface area contributed by atoms with Crippen LogP contribution in [-0.2, 0) is 17.8 Å². The molecule has 1 N–H and O–H groups in total. The van der Waals surface area contributed by atoms with Gasteiger partial charge in [0.2, 0.25) is 5.91 Å². The highest BCUT2D eigenvalue weighted by atomic mass is 16.4. The Hall–Kier alpha value is -2.55. The summed E-state index contributed by atoms with van der Waals surface area (Å²) in [6.07, 6.45) is 0.655. The summed E-state index contributed by atoms with van der Waals surface area (Å²) in [7, 11) is 0. The average molecular weight is 259 g/mol. The number of aromatic nitrogens is 1. The van der Waals surface area contributed by atoms with Gasteiger partial charge in [-0.05, 0) is 24.1 Å². The van der Waals surface area contributed by atoms with E-state index in [2.05, 4.69) is 5.32 Å². The average Bonchev–Trinajstić information content (AvgIpc) is 2.65. The van der Waals surface area contributed by atoms with E-state index in [9.17, 15) is 9.59 Å². The van der Waals surface area contributed by atoms with E-state index in [4.69, 9.17) is 9.68 Å².